The Bertz CT molecular complexity index is 1460. The number of amides is 2. The van der Waals surface area contributed by atoms with Gasteiger partial charge in [-0.3, -0.25) is 9.59 Å². The predicted octanol–water partition coefficient (Wildman–Crippen LogP) is 3.93. The van der Waals surface area contributed by atoms with Gasteiger partial charge in [-0.05, 0) is 55.2 Å². The summed E-state index contributed by atoms with van der Waals surface area (Å²) in [5, 5.41) is 19.4. The molecule has 10 nitrogen and oxygen atoms in total. The molecule has 3 N–H and O–H groups in total. The lowest BCUT2D eigenvalue weighted by molar-refractivity contribution is -0.127. The van der Waals surface area contributed by atoms with Gasteiger partial charge in [-0.25, -0.2) is 9.37 Å². The van der Waals surface area contributed by atoms with E-state index >= 15 is 0 Å². The predicted molar refractivity (Wildman–Crippen MR) is 147 cm³/mol. The first-order chi connectivity index (χ1) is 19.5. The number of piperidine rings is 1. The molecule has 2 aromatic carbocycles. The van der Waals surface area contributed by atoms with Gasteiger partial charge in [-0.15, -0.1) is 0 Å². The lowest BCUT2D eigenvalue weighted by Gasteiger charge is -2.29. The second kappa shape index (κ2) is 13.7. The van der Waals surface area contributed by atoms with Crippen LogP contribution in [0.3, 0.4) is 0 Å². The molecule has 3 aromatic rings. The molecule has 2 heterocycles. The van der Waals surface area contributed by atoms with Gasteiger partial charge in [0.2, 0.25) is 10.8 Å². The maximum Gasteiger partial charge on any atom is 0.257 e. The Morgan fingerprint density at radius 3 is 2.88 bits per heavy atom. The van der Waals surface area contributed by atoms with Crippen molar-refractivity contribution >= 4 is 17.6 Å². The lowest BCUT2D eigenvalue weighted by Crippen LogP contribution is -2.45. The minimum absolute atomic E-state index is 0.0961. The molecule has 2 amide bonds. The molecule has 0 radical (unpaired) electrons. The van der Waals surface area contributed by atoms with Crippen LogP contribution in [-0.2, 0) is 11.2 Å². The second-order valence-corrected chi connectivity index (χ2v) is 9.40. The Morgan fingerprint density at radius 2 is 2.10 bits per heavy atom. The summed E-state index contributed by atoms with van der Waals surface area (Å²) in [5.74, 6) is -0.814. The molecule has 0 aliphatic carbocycles. The fourth-order valence-electron chi connectivity index (χ4n) is 4.68. The largest absolute Gasteiger partial charge is 0.369 e. The molecule has 0 spiro atoms. The average molecular weight is 542 g/mol. The zero-order valence-electron chi connectivity index (χ0n) is 21.9. The van der Waals surface area contributed by atoms with Crippen LogP contribution in [-0.4, -0.2) is 54.4 Å². The van der Waals surface area contributed by atoms with Crippen molar-refractivity contribution in [1.82, 2.24) is 20.1 Å². The number of nitrogens with one attached hydrogen (secondary N) is 3. The van der Waals surface area contributed by atoms with E-state index < -0.39 is 0 Å². The molecule has 1 aromatic heterocycles. The highest BCUT2D eigenvalue weighted by molar-refractivity contribution is 5.99. The quantitative estimate of drug-likeness (QED) is 0.248. The molecular weight excluding hydrogens is 511 g/mol. The third-order valence-corrected chi connectivity index (χ3v) is 6.71. The Hall–Kier alpha value is -4.94. The van der Waals surface area contributed by atoms with Gasteiger partial charge in [0.05, 0.1) is 28.8 Å². The van der Waals surface area contributed by atoms with Crippen molar-refractivity contribution in [2.75, 3.05) is 38.0 Å². The number of benzene rings is 2. The maximum atomic E-state index is 13.9. The summed E-state index contributed by atoms with van der Waals surface area (Å²) in [6.07, 6.45) is 1.98. The van der Waals surface area contributed by atoms with Crippen molar-refractivity contribution in [3.8, 4) is 17.3 Å². The fraction of sp³-hybridized carbons (Fsp3) is 0.310. The third-order valence-electron chi connectivity index (χ3n) is 6.71. The van der Waals surface area contributed by atoms with Crippen LogP contribution in [0.25, 0.3) is 11.3 Å². The molecule has 1 aliphatic rings. The normalized spacial score (nSPS) is 14.4. The van der Waals surface area contributed by atoms with Gasteiger partial charge >= 0.3 is 0 Å². The molecule has 0 bridgehead atoms. The second-order valence-electron chi connectivity index (χ2n) is 9.40. The van der Waals surface area contributed by atoms with E-state index in [1.54, 1.807) is 41.3 Å². The van der Waals surface area contributed by atoms with Gasteiger partial charge in [0.15, 0.2) is 0 Å². The summed E-state index contributed by atoms with van der Waals surface area (Å²) in [7, 11) is 0. The van der Waals surface area contributed by atoms with Gasteiger partial charge < -0.3 is 15.5 Å². The summed E-state index contributed by atoms with van der Waals surface area (Å²) in [5.41, 5.74) is 9.63. The number of nitriles is 1. The lowest BCUT2D eigenvalue weighted by atomic mass is 9.97. The van der Waals surface area contributed by atoms with Crippen LogP contribution < -0.4 is 15.5 Å². The average Bonchev–Trinajstić information content (AvgIpc) is 2.97. The van der Waals surface area contributed by atoms with Crippen molar-refractivity contribution in [3.05, 3.63) is 83.2 Å². The monoisotopic (exact) mass is 541 g/mol. The van der Waals surface area contributed by atoms with Crippen LogP contribution in [0.15, 0.2) is 65.8 Å². The Balaban J connectivity index is 1.66. The van der Waals surface area contributed by atoms with Crippen molar-refractivity contribution < 1.29 is 14.0 Å². The molecule has 4 rings (SSSR count). The minimum atomic E-state index is -0.357. The minimum Gasteiger partial charge on any atom is -0.369 e. The van der Waals surface area contributed by atoms with Crippen molar-refractivity contribution in [1.29, 1.82) is 10.8 Å². The van der Waals surface area contributed by atoms with Gasteiger partial charge in [0.1, 0.15) is 28.8 Å². The van der Waals surface area contributed by atoms with E-state index in [-0.39, 0.29) is 48.7 Å². The molecule has 1 atom stereocenters. The van der Waals surface area contributed by atoms with Gasteiger partial charge in [-0.1, -0.05) is 30.3 Å². The van der Waals surface area contributed by atoms with E-state index in [0.29, 0.717) is 48.6 Å². The van der Waals surface area contributed by atoms with Gasteiger partial charge in [0.25, 0.3) is 5.91 Å². The van der Waals surface area contributed by atoms with Gasteiger partial charge in [0, 0.05) is 31.7 Å². The zero-order valence-corrected chi connectivity index (χ0v) is 21.9. The number of hydrogen-bond acceptors (Lipinski definition) is 7. The number of carbonyl (C=O) groups excluding carboxylic acids is 2. The van der Waals surface area contributed by atoms with Gasteiger partial charge in [-0.2, -0.15) is 5.26 Å². The van der Waals surface area contributed by atoms with Crippen molar-refractivity contribution in [3.63, 3.8) is 0 Å². The van der Waals surface area contributed by atoms with Crippen LogP contribution in [0.5, 0.6) is 0 Å². The van der Waals surface area contributed by atoms with Crippen LogP contribution in [0.2, 0.25) is 0 Å². The van der Waals surface area contributed by atoms with E-state index in [9.17, 15) is 19.2 Å². The number of hydrogen-bond donors (Lipinski definition) is 3. The molecule has 1 fully saturated rings. The summed E-state index contributed by atoms with van der Waals surface area (Å²) in [4.78, 5) is 35.6. The van der Waals surface area contributed by atoms with E-state index in [1.807, 2.05) is 12.1 Å². The molecule has 0 saturated carbocycles. The highest BCUT2D eigenvalue weighted by Crippen LogP contribution is 2.26. The molecule has 1 saturated heterocycles. The van der Waals surface area contributed by atoms with Crippen molar-refractivity contribution in [2.24, 2.45) is 11.0 Å². The fourth-order valence-corrected chi connectivity index (χ4v) is 4.68. The summed E-state index contributed by atoms with van der Waals surface area (Å²) in [6.45, 7) is 1.48. The summed E-state index contributed by atoms with van der Waals surface area (Å²) < 4.78 is 13.7. The first kappa shape index (κ1) is 28.1. The molecule has 40 heavy (non-hydrogen) atoms. The highest BCUT2D eigenvalue weighted by Gasteiger charge is 2.29. The van der Waals surface area contributed by atoms with E-state index in [0.717, 1.165) is 12.0 Å². The zero-order chi connectivity index (χ0) is 28.3. The van der Waals surface area contributed by atoms with Crippen LogP contribution in [0.1, 0.15) is 34.3 Å². The SMILES string of the molecule is N#Cc1ccccc1-c1ccc(C(=O)N(CCN=[N+]=N)CC2CCCNC2=O)c(NCCc2cccc(F)c2)n1. The number of anilines is 1. The Labute approximate surface area is 231 Å². The number of rotatable bonds is 11. The summed E-state index contributed by atoms with van der Waals surface area (Å²) in [6, 6.07) is 18.9. The van der Waals surface area contributed by atoms with Crippen LogP contribution >= 0.6 is 0 Å². The number of aromatic nitrogens is 1. The van der Waals surface area contributed by atoms with Crippen LogP contribution in [0.4, 0.5) is 10.2 Å². The van der Waals surface area contributed by atoms with Crippen molar-refractivity contribution in [2.45, 2.75) is 19.3 Å². The number of carbonyl (C=O) groups is 2. The third kappa shape index (κ3) is 7.12. The number of pyridine rings is 1. The van der Waals surface area contributed by atoms with E-state index in [1.165, 1.54) is 12.1 Å². The van der Waals surface area contributed by atoms with Crippen LogP contribution in [0, 0.1) is 28.6 Å². The molecule has 11 heteroatoms. The summed E-state index contributed by atoms with van der Waals surface area (Å²) >= 11 is 0. The number of halogens is 1. The highest BCUT2D eigenvalue weighted by atomic mass is 19.1. The Kier molecular flexibility index (Phi) is 9.64. The number of nitrogens with zero attached hydrogens (tertiary/aromatic N) is 5. The molecule has 204 valence electrons. The smallest absolute Gasteiger partial charge is 0.257 e. The van der Waals surface area contributed by atoms with E-state index in [2.05, 4.69) is 26.7 Å². The maximum absolute atomic E-state index is 13.9. The first-order valence-corrected chi connectivity index (χ1v) is 13.1. The first-order valence-electron chi connectivity index (χ1n) is 13.1. The molecular formula is C29H30FN8O2+. The molecule has 1 unspecified atom stereocenters. The standard InChI is InChI=1S/C29H29FN8O2/c30-23-8-3-5-20(17-23)12-14-33-27-25(10-11-26(36-27)24-9-2-1-6-21(24)18-31)29(40)38(16-15-35-37-32)19-22-7-4-13-34-28(22)39/h1-3,5-6,8-11,17,22,32H,4,7,12-16,19H2,(H-,33,34,36,39,40)/p+1. The molecule has 1 aliphatic heterocycles. The topological polar surface area (TPSA) is 148 Å². The Morgan fingerprint density at radius 1 is 1.25 bits per heavy atom. The van der Waals surface area contributed by atoms with E-state index in [4.69, 9.17) is 10.5 Å².